The van der Waals surface area contributed by atoms with Gasteiger partial charge in [-0.2, -0.15) is 0 Å². The Balaban J connectivity index is 2.03. The molecule has 0 radical (unpaired) electrons. The Morgan fingerprint density at radius 1 is 0.926 bits per heavy atom. The Labute approximate surface area is 156 Å². The highest BCUT2D eigenvalue weighted by Crippen LogP contribution is 2.34. The topological polar surface area (TPSA) is 96.3 Å². The van der Waals surface area contributed by atoms with Crippen molar-refractivity contribution in [3.05, 3.63) is 71.3 Å². The van der Waals surface area contributed by atoms with Gasteiger partial charge in [-0.15, -0.1) is 0 Å². The molecule has 0 aliphatic carbocycles. The highest BCUT2D eigenvalue weighted by molar-refractivity contribution is 5.97. The van der Waals surface area contributed by atoms with Gasteiger partial charge in [-0.25, -0.2) is 9.59 Å². The first-order chi connectivity index (χ1) is 13.0. The Kier molecular flexibility index (Phi) is 5.25. The molecule has 0 fully saturated rings. The maximum atomic E-state index is 12.0. The van der Waals surface area contributed by atoms with Crippen molar-refractivity contribution in [3.8, 4) is 0 Å². The van der Waals surface area contributed by atoms with Crippen molar-refractivity contribution in [2.75, 3.05) is 19.1 Å². The van der Waals surface area contributed by atoms with Crippen LogP contribution in [0.4, 0.5) is 5.69 Å². The number of carbonyl (C=O) groups excluding carboxylic acids is 2. The van der Waals surface area contributed by atoms with E-state index in [0.29, 0.717) is 5.57 Å². The van der Waals surface area contributed by atoms with Crippen molar-refractivity contribution < 1.29 is 29.3 Å². The number of esters is 2. The molecule has 1 aliphatic rings. The van der Waals surface area contributed by atoms with Gasteiger partial charge >= 0.3 is 11.9 Å². The van der Waals surface area contributed by atoms with Crippen molar-refractivity contribution in [1.29, 1.82) is 0 Å². The average molecular weight is 369 g/mol. The molecule has 2 N–H and O–H groups in total. The number of methoxy groups -OCH3 is 2. The van der Waals surface area contributed by atoms with E-state index in [-0.39, 0.29) is 16.8 Å². The second-order valence-corrected chi connectivity index (χ2v) is 5.93. The highest BCUT2D eigenvalue weighted by Gasteiger charge is 2.34. The third-order valence-corrected chi connectivity index (χ3v) is 4.32. The minimum Gasteiger partial charge on any atom is -0.465 e. The van der Waals surface area contributed by atoms with Crippen molar-refractivity contribution in [3.63, 3.8) is 0 Å². The summed E-state index contributed by atoms with van der Waals surface area (Å²) in [6, 6.07) is 13.3. The molecule has 0 spiro atoms. The molecular weight excluding hydrogens is 350 g/mol. The highest BCUT2D eigenvalue weighted by atomic mass is 16.5. The summed E-state index contributed by atoms with van der Waals surface area (Å²) in [6.45, 7) is 0. The van der Waals surface area contributed by atoms with Crippen LogP contribution in [-0.4, -0.2) is 48.8 Å². The van der Waals surface area contributed by atoms with E-state index in [1.54, 1.807) is 0 Å². The Morgan fingerprint density at radius 3 is 2.00 bits per heavy atom. The number of aliphatic hydroxyl groups is 2. The summed E-state index contributed by atoms with van der Waals surface area (Å²) in [6.07, 6.45) is -0.794. The minimum absolute atomic E-state index is 0.1000. The molecule has 140 valence electrons. The second-order valence-electron chi connectivity index (χ2n) is 5.93. The predicted molar refractivity (Wildman–Crippen MR) is 98.0 cm³/mol. The van der Waals surface area contributed by atoms with Crippen molar-refractivity contribution >= 4 is 23.2 Å². The van der Waals surface area contributed by atoms with Crippen LogP contribution in [0.25, 0.3) is 5.57 Å². The first-order valence-corrected chi connectivity index (χ1v) is 8.19. The molecule has 7 heteroatoms. The van der Waals surface area contributed by atoms with E-state index in [9.17, 15) is 19.8 Å². The van der Waals surface area contributed by atoms with Crippen LogP contribution in [0.2, 0.25) is 0 Å². The van der Waals surface area contributed by atoms with Gasteiger partial charge in [0.2, 0.25) is 0 Å². The zero-order valence-corrected chi connectivity index (χ0v) is 14.8. The van der Waals surface area contributed by atoms with Crippen LogP contribution in [-0.2, 0) is 9.47 Å². The fraction of sp³-hybridized carbons (Fsp3) is 0.200. The molecule has 0 amide bonds. The van der Waals surface area contributed by atoms with Crippen LogP contribution in [0, 0.1) is 0 Å². The number of hydrogen-bond acceptors (Lipinski definition) is 7. The van der Waals surface area contributed by atoms with Crippen LogP contribution < -0.4 is 4.90 Å². The number of nitrogens with zero attached hydrogens (tertiary/aromatic N) is 1. The summed E-state index contributed by atoms with van der Waals surface area (Å²) in [5.74, 6) is -1.30. The molecule has 2 aromatic rings. The Hall–Kier alpha value is -3.16. The molecular formula is C20H19NO6. The largest absolute Gasteiger partial charge is 0.465 e. The number of aliphatic hydroxyl groups excluding tert-OH is 2. The van der Waals surface area contributed by atoms with Crippen LogP contribution in [0.1, 0.15) is 26.3 Å². The Morgan fingerprint density at radius 2 is 1.48 bits per heavy atom. The van der Waals surface area contributed by atoms with Crippen LogP contribution >= 0.6 is 0 Å². The summed E-state index contributed by atoms with van der Waals surface area (Å²) in [5, 5.41) is 21.2. The first kappa shape index (κ1) is 18.6. The number of benzene rings is 2. The fourth-order valence-electron chi connectivity index (χ4n) is 3.02. The summed E-state index contributed by atoms with van der Waals surface area (Å²) >= 11 is 0. The maximum absolute atomic E-state index is 12.0. The summed E-state index contributed by atoms with van der Waals surface area (Å²) in [4.78, 5) is 25.2. The normalized spacial score (nSPS) is 18.8. The van der Waals surface area contributed by atoms with Crippen LogP contribution in [0.3, 0.4) is 0 Å². The lowest BCUT2D eigenvalue weighted by Crippen LogP contribution is -2.38. The number of carbonyl (C=O) groups is 2. The summed E-state index contributed by atoms with van der Waals surface area (Å²) < 4.78 is 9.44. The third-order valence-electron chi connectivity index (χ3n) is 4.32. The van der Waals surface area contributed by atoms with Crippen molar-refractivity contribution in [2.45, 2.75) is 12.5 Å². The fourth-order valence-corrected chi connectivity index (χ4v) is 3.02. The molecule has 2 atom stereocenters. The summed E-state index contributed by atoms with van der Waals surface area (Å²) in [5.41, 5.74) is 1.75. The second kappa shape index (κ2) is 7.61. The lowest BCUT2D eigenvalue weighted by atomic mass is 10.1. The summed E-state index contributed by atoms with van der Waals surface area (Å²) in [7, 11) is 2.45. The van der Waals surface area contributed by atoms with E-state index in [1.807, 2.05) is 30.3 Å². The lowest BCUT2D eigenvalue weighted by Gasteiger charge is -2.28. The predicted octanol–water partition coefficient (Wildman–Crippen LogP) is 1.80. The smallest absolute Gasteiger partial charge is 0.337 e. The van der Waals surface area contributed by atoms with Gasteiger partial charge in [-0.05, 0) is 29.8 Å². The number of rotatable bonds is 4. The van der Waals surface area contributed by atoms with Gasteiger partial charge in [-0.3, -0.25) is 0 Å². The average Bonchev–Trinajstić information content (AvgIpc) is 3.01. The molecule has 1 aliphatic heterocycles. The van der Waals surface area contributed by atoms with Gasteiger partial charge in [0.1, 0.15) is 6.23 Å². The quantitative estimate of drug-likeness (QED) is 0.793. The standard InChI is InChI=1S/C20H19NO6/c1-26-19(24)13-8-14(20(25)27-2)10-15(9-13)21-17(22)11-16(18(21)23)12-6-4-3-5-7-12/h3-11,17-18,22-23H,1-2H3. The van der Waals surface area contributed by atoms with E-state index in [4.69, 9.17) is 9.47 Å². The molecule has 0 bridgehead atoms. The molecule has 0 aromatic heterocycles. The van der Waals surface area contributed by atoms with Crippen LogP contribution in [0.5, 0.6) is 0 Å². The number of hydrogen-bond donors (Lipinski definition) is 2. The van der Waals surface area contributed by atoms with Gasteiger partial charge in [0.05, 0.1) is 25.3 Å². The molecule has 0 saturated heterocycles. The van der Waals surface area contributed by atoms with E-state index < -0.39 is 24.4 Å². The molecule has 2 aromatic carbocycles. The van der Waals surface area contributed by atoms with E-state index in [1.165, 1.54) is 43.4 Å². The lowest BCUT2D eigenvalue weighted by molar-refractivity contribution is 0.0598. The molecule has 7 nitrogen and oxygen atoms in total. The third kappa shape index (κ3) is 3.55. The van der Waals surface area contributed by atoms with Crippen molar-refractivity contribution in [2.24, 2.45) is 0 Å². The van der Waals surface area contributed by atoms with Gasteiger partial charge < -0.3 is 24.6 Å². The monoisotopic (exact) mass is 369 g/mol. The molecule has 1 heterocycles. The zero-order chi connectivity index (χ0) is 19.6. The van der Waals surface area contributed by atoms with Gasteiger partial charge in [0.15, 0.2) is 6.23 Å². The SMILES string of the molecule is COC(=O)c1cc(C(=O)OC)cc(N2C(O)C=C(c3ccccc3)C2O)c1. The number of ether oxygens (including phenoxy) is 2. The number of anilines is 1. The van der Waals surface area contributed by atoms with Crippen molar-refractivity contribution in [1.82, 2.24) is 0 Å². The zero-order valence-electron chi connectivity index (χ0n) is 14.8. The van der Waals surface area contributed by atoms with E-state index >= 15 is 0 Å². The van der Waals surface area contributed by atoms with Gasteiger partial charge in [0.25, 0.3) is 0 Å². The van der Waals surface area contributed by atoms with Crippen LogP contribution in [0.15, 0.2) is 54.6 Å². The van der Waals surface area contributed by atoms with E-state index in [0.717, 1.165) is 5.56 Å². The minimum atomic E-state index is -1.17. The molecule has 27 heavy (non-hydrogen) atoms. The van der Waals surface area contributed by atoms with E-state index in [2.05, 4.69) is 0 Å². The first-order valence-electron chi connectivity index (χ1n) is 8.19. The van der Waals surface area contributed by atoms with Gasteiger partial charge in [0, 0.05) is 11.3 Å². The molecule has 0 saturated carbocycles. The molecule has 3 rings (SSSR count). The Bertz CT molecular complexity index is 858. The van der Waals surface area contributed by atoms with Gasteiger partial charge in [-0.1, -0.05) is 30.3 Å². The molecule has 2 unspecified atom stereocenters. The maximum Gasteiger partial charge on any atom is 0.337 e.